The van der Waals surface area contributed by atoms with Gasteiger partial charge in [-0.15, -0.1) is 0 Å². The van der Waals surface area contributed by atoms with E-state index in [1.54, 1.807) is 6.92 Å². The molecule has 18 nitrogen and oxygen atoms in total. The summed E-state index contributed by atoms with van der Waals surface area (Å²) >= 11 is 0. The van der Waals surface area contributed by atoms with Gasteiger partial charge in [-0.25, -0.2) is 14.4 Å². The van der Waals surface area contributed by atoms with Crippen molar-refractivity contribution in [2.75, 3.05) is 59.3 Å². The molecule has 276 valence electrons. The predicted molar refractivity (Wildman–Crippen MR) is 170 cm³/mol. The predicted octanol–water partition coefficient (Wildman–Crippen LogP) is -0.0140. The van der Waals surface area contributed by atoms with Crippen LogP contribution in [0.1, 0.15) is 77.6 Å². The van der Waals surface area contributed by atoms with E-state index in [-0.39, 0.29) is 31.1 Å². The molecular formula is C30H53N5O13. The first kappa shape index (κ1) is 44.0. The van der Waals surface area contributed by atoms with E-state index in [4.69, 9.17) is 24.4 Å². The topological polar surface area (TPSA) is 268 Å². The van der Waals surface area contributed by atoms with Gasteiger partial charge in [0.05, 0.1) is 39.6 Å². The standard InChI is InChI=1S/C30H53N5O13/c1-2-24(36)32-14-16-46-18-20-48-21-19-47-17-15-33-25(37)8-6-4-3-5-7-13-31-26(38)11-9-22(28(41)42)34-30(45)35-23(29(43)44)10-12-27(39)40/h22-23H,2-21H2,1H3,(H,31,38)(H,32,36)(H,33,37)(H,39,40)(H,41,42)(H,43,44)(H2,34,35,45)/t22-,23-/m0/s1. The summed E-state index contributed by atoms with van der Waals surface area (Å²) in [6, 6.07) is -4.07. The first-order valence-electron chi connectivity index (χ1n) is 16.2. The molecule has 0 saturated heterocycles. The fourth-order valence-electron chi connectivity index (χ4n) is 3.95. The normalized spacial score (nSPS) is 11.9. The number of nitrogens with one attached hydrogen (secondary N) is 5. The van der Waals surface area contributed by atoms with Gasteiger partial charge in [0.25, 0.3) is 0 Å². The van der Waals surface area contributed by atoms with Gasteiger partial charge in [-0.2, -0.15) is 0 Å². The van der Waals surface area contributed by atoms with Crippen LogP contribution in [-0.4, -0.2) is 128 Å². The molecule has 0 aromatic heterocycles. The molecule has 0 aliphatic carbocycles. The third-order valence-corrected chi connectivity index (χ3v) is 6.62. The Morgan fingerprint density at radius 3 is 1.48 bits per heavy atom. The number of hydrogen-bond donors (Lipinski definition) is 8. The highest BCUT2D eigenvalue weighted by Crippen LogP contribution is 2.06. The Morgan fingerprint density at radius 2 is 0.958 bits per heavy atom. The van der Waals surface area contributed by atoms with Crippen molar-refractivity contribution in [3.63, 3.8) is 0 Å². The maximum atomic E-state index is 12.1. The van der Waals surface area contributed by atoms with Crippen LogP contribution in [0.2, 0.25) is 0 Å². The van der Waals surface area contributed by atoms with Crippen molar-refractivity contribution in [3.05, 3.63) is 0 Å². The van der Waals surface area contributed by atoms with E-state index in [0.717, 1.165) is 25.7 Å². The highest BCUT2D eigenvalue weighted by Gasteiger charge is 2.25. The molecule has 5 amide bonds. The Kier molecular flexibility index (Phi) is 26.7. The number of carbonyl (C=O) groups is 7. The van der Waals surface area contributed by atoms with Crippen molar-refractivity contribution in [1.82, 2.24) is 26.6 Å². The van der Waals surface area contributed by atoms with Crippen LogP contribution in [0, 0.1) is 0 Å². The summed E-state index contributed by atoms with van der Waals surface area (Å²) in [6.45, 7) is 5.51. The molecular weight excluding hydrogens is 638 g/mol. The molecule has 0 aromatic carbocycles. The van der Waals surface area contributed by atoms with Crippen LogP contribution in [0.25, 0.3) is 0 Å². The van der Waals surface area contributed by atoms with E-state index in [1.165, 1.54) is 0 Å². The Hall–Kier alpha value is -4.03. The first-order valence-corrected chi connectivity index (χ1v) is 16.2. The van der Waals surface area contributed by atoms with E-state index in [2.05, 4.69) is 21.3 Å². The lowest BCUT2D eigenvalue weighted by atomic mass is 10.1. The second kappa shape index (κ2) is 29.1. The molecule has 0 aliphatic heterocycles. The molecule has 0 saturated carbocycles. The SMILES string of the molecule is CCC(=O)NCCOCCOCCOCCNC(=O)CCCCCCCNC(=O)CC[C@H](NC(=O)N[C@@H](CCC(=O)O)C(=O)O)C(=O)O. The minimum atomic E-state index is -1.52. The number of carboxylic acids is 3. The average molecular weight is 692 g/mol. The Morgan fingerprint density at radius 1 is 0.521 bits per heavy atom. The van der Waals surface area contributed by atoms with Crippen LogP contribution in [0.15, 0.2) is 0 Å². The van der Waals surface area contributed by atoms with Crippen molar-refractivity contribution in [1.29, 1.82) is 0 Å². The fraction of sp³-hybridized carbons (Fsp3) is 0.767. The van der Waals surface area contributed by atoms with E-state index < -0.39 is 48.4 Å². The minimum absolute atomic E-state index is 0.0111. The molecule has 0 unspecified atom stereocenters. The number of carbonyl (C=O) groups excluding carboxylic acids is 4. The lowest BCUT2D eigenvalue weighted by Crippen LogP contribution is -2.51. The zero-order valence-corrected chi connectivity index (χ0v) is 27.7. The van der Waals surface area contributed by atoms with Gasteiger partial charge < -0.3 is 56.1 Å². The van der Waals surface area contributed by atoms with Gasteiger partial charge in [0.2, 0.25) is 17.7 Å². The van der Waals surface area contributed by atoms with Gasteiger partial charge in [-0.05, 0) is 25.7 Å². The van der Waals surface area contributed by atoms with Crippen LogP contribution >= 0.6 is 0 Å². The highest BCUT2D eigenvalue weighted by atomic mass is 16.5. The van der Waals surface area contributed by atoms with E-state index in [0.29, 0.717) is 78.5 Å². The number of unbranched alkanes of at least 4 members (excludes halogenated alkanes) is 4. The summed E-state index contributed by atoms with van der Waals surface area (Å²) in [7, 11) is 0. The van der Waals surface area contributed by atoms with Crippen LogP contribution in [0.4, 0.5) is 4.79 Å². The van der Waals surface area contributed by atoms with Crippen molar-refractivity contribution < 1.29 is 63.1 Å². The van der Waals surface area contributed by atoms with Crippen LogP contribution in [0.3, 0.4) is 0 Å². The Bertz CT molecular complexity index is 983. The third kappa shape index (κ3) is 27.1. The average Bonchev–Trinajstić information content (AvgIpc) is 3.03. The van der Waals surface area contributed by atoms with E-state index in [1.807, 2.05) is 5.32 Å². The molecule has 48 heavy (non-hydrogen) atoms. The van der Waals surface area contributed by atoms with Crippen molar-refractivity contribution in [2.24, 2.45) is 0 Å². The molecule has 0 aliphatic rings. The monoisotopic (exact) mass is 691 g/mol. The first-order chi connectivity index (χ1) is 23.0. The van der Waals surface area contributed by atoms with E-state index in [9.17, 15) is 38.7 Å². The van der Waals surface area contributed by atoms with E-state index >= 15 is 0 Å². The molecule has 0 radical (unpaired) electrons. The number of carboxylic acid groups (broad SMARTS) is 3. The second-order valence-corrected chi connectivity index (χ2v) is 10.6. The largest absolute Gasteiger partial charge is 0.481 e. The van der Waals surface area contributed by atoms with Gasteiger partial charge in [0.15, 0.2) is 0 Å². The minimum Gasteiger partial charge on any atom is -0.481 e. The van der Waals surface area contributed by atoms with Crippen molar-refractivity contribution in [3.8, 4) is 0 Å². The number of amides is 5. The molecule has 0 rings (SSSR count). The van der Waals surface area contributed by atoms with Crippen molar-refractivity contribution in [2.45, 2.75) is 89.6 Å². The zero-order chi connectivity index (χ0) is 36.0. The summed E-state index contributed by atoms with van der Waals surface area (Å²) in [5.41, 5.74) is 0. The molecule has 18 heteroatoms. The molecule has 8 N–H and O–H groups in total. The molecule has 0 spiro atoms. The lowest BCUT2D eigenvalue weighted by molar-refractivity contribution is -0.141. The summed E-state index contributed by atoms with van der Waals surface area (Å²) in [4.78, 5) is 80.4. The Labute approximate surface area is 280 Å². The van der Waals surface area contributed by atoms with Crippen LogP contribution < -0.4 is 26.6 Å². The fourth-order valence-corrected chi connectivity index (χ4v) is 3.95. The molecule has 0 fully saturated rings. The quantitative estimate of drug-likeness (QED) is 0.0445. The number of aliphatic carboxylic acids is 3. The van der Waals surface area contributed by atoms with Gasteiger partial charge in [0, 0.05) is 45.3 Å². The maximum Gasteiger partial charge on any atom is 0.326 e. The smallest absolute Gasteiger partial charge is 0.326 e. The molecule has 2 atom stereocenters. The van der Waals surface area contributed by atoms with Crippen LogP contribution in [0.5, 0.6) is 0 Å². The lowest BCUT2D eigenvalue weighted by Gasteiger charge is -2.18. The highest BCUT2D eigenvalue weighted by molar-refractivity contribution is 5.86. The summed E-state index contributed by atoms with van der Waals surface area (Å²) in [6.07, 6.45) is 3.50. The molecule has 0 heterocycles. The number of hydrogen-bond acceptors (Lipinski definition) is 10. The molecule has 0 aromatic rings. The summed E-state index contributed by atoms with van der Waals surface area (Å²) in [5.74, 6) is -4.60. The van der Waals surface area contributed by atoms with Gasteiger partial charge >= 0.3 is 23.9 Å². The summed E-state index contributed by atoms with van der Waals surface area (Å²) < 4.78 is 16.1. The Balaban J connectivity index is 3.76. The number of rotatable bonds is 31. The number of urea groups is 1. The van der Waals surface area contributed by atoms with Gasteiger partial charge in [0.1, 0.15) is 12.1 Å². The summed E-state index contributed by atoms with van der Waals surface area (Å²) in [5, 5.41) is 39.4. The van der Waals surface area contributed by atoms with Crippen molar-refractivity contribution >= 4 is 41.7 Å². The van der Waals surface area contributed by atoms with Crippen LogP contribution in [-0.2, 0) is 43.0 Å². The van der Waals surface area contributed by atoms with Gasteiger partial charge in [-0.1, -0.05) is 26.2 Å². The maximum absolute atomic E-state index is 12.1. The van der Waals surface area contributed by atoms with Gasteiger partial charge in [-0.3, -0.25) is 19.2 Å². The zero-order valence-electron chi connectivity index (χ0n) is 27.7. The third-order valence-electron chi connectivity index (χ3n) is 6.62. The second-order valence-electron chi connectivity index (χ2n) is 10.6. The molecule has 0 bridgehead atoms. The number of ether oxygens (including phenoxy) is 3.